The van der Waals surface area contributed by atoms with Crippen molar-refractivity contribution in [2.24, 2.45) is 0 Å². The lowest BCUT2D eigenvalue weighted by molar-refractivity contribution is 0.276. The molecule has 9 nitrogen and oxygen atoms in total. The largest absolute Gasteiger partial charge is 0.390 e. The highest BCUT2D eigenvalue weighted by molar-refractivity contribution is 5.93. The Hall–Kier alpha value is -4.02. The Balaban J connectivity index is 1.28. The van der Waals surface area contributed by atoms with Crippen LogP contribution in [0.15, 0.2) is 55.1 Å². The Labute approximate surface area is 200 Å². The predicted molar refractivity (Wildman–Crippen MR) is 133 cm³/mol. The van der Waals surface area contributed by atoms with Crippen LogP contribution < -0.4 is 10.2 Å². The van der Waals surface area contributed by atoms with E-state index >= 15 is 0 Å². The van der Waals surface area contributed by atoms with Gasteiger partial charge in [0, 0.05) is 72.7 Å². The van der Waals surface area contributed by atoms with Crippen LogP contribution in [-0.2, 0) is 6.61 Å². The summed E-state index contributed by atoms with van der Waals surface area (Å²) in [6, 6.07) is 9.69. The lowest BCUT2D eigenvalue weighted by Gasteiger charge is -2.34. The Morgan fingerprint density at radius 3 is 2.80 bits per heavy atom. The van der Waals surface area contributed by atoms with Crippen LogP contribution in [0.4, 0.5) is 21.7 Å². The SMILES string of the molecule is CN1CCN(c2cccc(Nc3ncc4c(-c5cc(F)c6ncc(CO)n6c5)c[nH]c4n3)c2)CC1. The molecule has 35 heavy (non-hydrogen) atoms. The number of imidazole rings is 1. The standard InChI is InChI=1S/C25H25FN8O/c1-32-5-7-33(8-6-32)18-4-2-3-17(10-18)30-25-29-13-21-20(12-27-23(21)31-25)16-9-22(26)24-28-11-19(15-35)34(24)14-16/h2-4,9-14,35H,5-8,15H2,1H3,(H2,27,29,30,31). The number of hydrogen-bond donors (Lipinski definition) is 3. The highest BCUT2D eigenvalue weighted by Gasteiger charge is 2.16. The molecule has 0 aliphatic carbocycles. The number of H-pyrrole nitrogens is 1. The van der Waals surface area contributed by atoms with Crippen LogP contribution in [0.2, 0.25) is 0 Å². The Morgan fingerprint density at radius 2 is 1.97 bits per heavy atom. The number of piperazine rings is 1. The maximum absolute atomic E-state index is 14.7. The normalized spacial score (nSPS) is 14.8. The van der Waals surface area contributed by atoms with Crippen molar-refractivity contribution >= 4 is 34.0 Å². The maximum atomic E-state index is 14.7. The van der Waals surface area contributed by atoms with E-state index in [1.54, 1.807) is 23.0 Å². The summed E-state index contributed by atoms with van der Waals surface area (Å²) in [5.41, 5.74) is 4.82. The first-order valence-electron chi connectivity index (χ1n) is 11.5. The van der Waals surface area contributed by atoms with Crippen molar-refractivity contribution < 1.29 is 9.50 Å². The zero-order valence-electron chi connectivity index (χ0n) is 19.2. The second kappa shape index (κ2) is 8.64. The van der Waals surface area contributed by atoms with Gasteiger partial charge in [0.25, 0.3) is 0 Å². The highest BCUT2D eigenvalue weighted by atomic mass is 19.1. The average molecular weight is 473 g/mol. The summed E-state index contributed by atoms with van der Waals surface area (Å²) in [5.74, 6) is 0.0104. The second-order valence-electron chi connectivity index (χ2n) is 8.80. The average Bonchev–Trinajstić information content (AvgIpc) is 3.48. The summed E-state index contributed by atoms with van der Waals surface area (Å²) in [4.78, 5) is 21.1. The van der Waals surface area contributed by atoms with Gasteiger partial charge in [-0.25, -0.2) is 14.4 Å². The molecule has 10 heteroatoms. The zero-order chi connectivity index (χ0) is 23.9. The number of rotatable bonds is 5. The van der Waals surface area contributed by atoms with Crippen molar-refractivity contribution in [3.05, 3.63) is 66.6 Å². The fourth-order valence-corrected chi connectivity index (χ4v) is 4.54. The van der Waals surface area contributed by atoms with Gasteiger partial charge in [0.15, 0.2) is 11.5 Å². The van der Waals surface area contributed by atoms with Gasteiger partial charge >= 0.3 is 0 Å². The number of nitrogens with one attached hydrogen (secondary N) is 2. The molecule has 6 rings (SSSR count). The van der Waals surface area contributed by atoms with E-state index in [9.17, 15) is 9.50 Å². The van der Waals surface area contributed by atoms with E-state index in [-0.39, 0.29) is 12.3 Å². The summed E-state index contributed by atoms with van der Waals surface area (Å²) in [6.07, 6.45) is 6.74. The molecule has 3 N–H and O–H groups in total. The molecule has 1 saturated heterocycles. The van der Waals surface area contributed by atoms with Crippen LogP contribution in [-0.4, -0.2) is 67.6 Å². The monoisotopic (exact) mass is 472 g/mol. The van der Waals surface area contributed by atoms with E-state index < -0.39 is 5.82 Å². The lowest BCUT2D eigenvalue weighted by atomic mass is 10.1. The fourth-order valence-electron chi connectivity index (χ4n) is 4.54. The molecule has 5 aromatic rings. The first kappa shape index (κ1) is 21.5. The lowest BCUT2D eigenvalue weighted by Crippen LogP contribution is -2.44. The molecular formula is C25H25FN8O. The van der Waals surface area contributed by atoms with Gasteiger partial charge in [-0.15, -0.1) is 0 Å². The van der Waals surface area contributed by atoms with Gasteiger partial charge in [-0.2, -0.15) is 4.98 Å². The first-order chi connectivity index (χ1) is 17.1. The van der Waals surface area contributed by atoms with E-state index in [1.165, 1.54) is 18.0 Å². The summed E-state index contributed by atoms with van der Waals surface area (Å²) in [7, 11) is 2.15. The van der Waals surface area contributed by atoms with Gasteiger partial charge in [-0.3, -0.25) is 4.40 Å². The van der Waals surface area contributed by atoms with Crippen LogP contribution in [0.3, 0.4) is 0 Å². The summed E-state index contributed by atoms with van der Waals surface area (Å²) < 4.78 is 16.2. The molecule has 0 atom stereocenters. The van der Waals surface area contributed by atoms with Crippen LogP contribution in [0, 0.1) is 5.82 Å². The van der Waals surface area contributed by atoms with Crippen LogP contribution in [0.1, 0.15) is 5.69 Å². The number of likely N-dealkylation sites (N-methyl/N-ethyl adjacent to an activating group) is 1. The minimum Gasteiger partial charge on any atom is -0.390 e. The van der Waals surface area contributed by atoms with E-state index in [4.69, 9.17) is 0 Å². The predicted octanol–water partition coefficient (Wildman–Crippen LogP) is 3.40. The van der Waals surface area contributed by atoms with Crippen molar-refractivity contribution in [3.63, 3.8) is 0 Å². The third-order valence-corrected chi connectivity index (χ3v) is 6.51. The third kappa shape index (κ3) is 3.96. The number of benzene rings is 1. The van der Waals surface area contributed by atoms with Crippen LogP contribution in [0.5, 0.6) is 0 Å². The fraction of sp³-hybridized carbons (Fsp3) is 0.240. The molecule has 0 saturated carbocycles. The number of pyridine rings is 1. The first-order valence-corrected chi connectivity index (χ1v) is 11.5. The van der Waals surface area contributed by atoms with E-state index in [2.05, 4.69) is 54.2 Å². The van der Waals surface area contributed by atoms with Crippen LogP contribution >= 0.6 is 0 Å². The van der Waals surface area contributed by atoms with Gasteiger partial charge < -0.3 is 25.2 Å². The van der Waals surface area contributed by atoms with Crippen LogP contribution in [0.25, 0.3) is 27.8 Å². The minimum absolute atomic E-state index is 0.180. The molecule has 5 heterocycles. The van der Waals surface area contributed by atoms with Gasteiger partial charge in [0.2, 0.25) is 5.95 Å². The van der Waals surface area contributed by atoms with E-state index in [0.29, 0.717) is 22.9 Å². The Morgan fingerprint density at radius 1 is 1.11 bits per heavy atom. The van der Waals surface area contributed by atoms with Gasteiger partial charge in [-0.1, -0.05) is 6.07 Å². The molecule has 178 valence electrons. The van der Waals surface area contributed by atoms with E-state index in [0.717, 1.165) is 42.8 Å². The molecule has 0 spiro atoms. The van der Waals surface area contributed by atoms with Gasteiger partial charge in [0.1, 0.15) is 5.65 Å². The number of aromatic nitrogens is 5. The minimum atomic E-state index is -0.462. The molecule has 0 amide bonds. The molecule has 0 bridgehead atoms. The molecule has 1 aromatic carbocycles. The number of aliphatic hydroxyl groups excluding tert-OH is 1. The zero-order valence-corrected chi connectivity index (χ0v) is 19.2. The number of aromatic amines is 1. The molecule has 1 aliphatic rings. The van der Waals surface area contributed by atoms with Crippen molar-refractivity contribution in [2.75, 3.05) is 43.4 Å². The Kier molecular flexibility index (Phi) is 5.31. The number of fused-ring (bicyclic) bond motifs is 2. The Bertz CT molecular complexity index is 1520. The smallest absolute Gasteiger partial charge is 0.229 e. The van der Waals surface area contributed by atoms with Gasteiger partial charge in [-0.05, 0) is 31.3 Å². The summed E-state index contributed by atoms with van der Waals surface area (Å²) >= 11 is 0. The highest BCUT2D eigenvalue weighted by Crippen LogP contribution is 2.30. The molecule has 1 aliphatic heterocycles. The van der Waals surface area contributed by atoms with Crippen molar-refractivity contribution in [1.82, 2.24) is 29.2 Å². The van der Waals surface area contributed by atoms with Gasteiger partial charge in [0.05, 0.1) is 18.5 Å². The maximum Gasteiger partial charge on any atom is 0.229 e. The number of nitrogens with zero attached hydrogens (tertiary/aromatic N) is 6. The number of halogens is 1. The summed E-state index contributed by atoms with van der Waals surface area (Å²) in [5, 5.41) is 13.6. The molecular weight excluding hydrogens is 447 g/mol. The van der Waals surface area contributed by atoms with Crippen molar-refractivity contribution in [2.45, 2.75) is 6.61 Å². The molecule has 0 unspecified atom stereocenters. The second-order valence-corrected chi connectivity index (χ2v) is 8.80. The third-order valence-electron chi connectivity index (χ3n) is 6.51. The van der Waals surface area contributed by atoms with Crippen molar-refractivity contribution in [3.8, 4) is 11.1 Å². The topological polar surface area (TPSA) is 97.6 Å². The molecule has 4 aromatic heterocycles. The number of anilines is 3. The molecule has 0 radical (unpaired) electrons. The summed E-state index contributed by atoms with van der Waals surface area (Å²) in [6.45, 7) is 3.86. The number of aliphatic hydroxyl groups is 1. The van der Waals surface area contributed by atoms with E-state index in [1.807, 2.05) is 12.1 Å². The molecule has 1 fully saturated rings. The van der Waals surface area contributed by atoms with Crippen molar-refractivity contribution in [1.29, 1.82) is 0 Å². The quantitative estimate of drug-likeness (QED) is 0.361. The number of hydrogen-bond acceptors (Lipinski definition) is 7.